The highest BCUT2D eigenvalue weighted by atomic mass is 14.9. The molecule has 0 fully saturated rings. The number of nitrogens with one attached hydrogen (secondary N) is 1. The number of hydrogen-bond acceptors (Lipinski definition) is 1. The zero-order valence-electron chi connectivity index (χ0n) is 13.4. The molecule has 1 unspecified atom stereocenters. The molecule has 0 aliphatic carbocycles. The van der Waals surface area contributed by atoms with Crippen LogP contribution in [0.2, 0.25) is 0 Å². The van der Waals surface area contributed by atoms with E-state index in [0.717, 1.165) is 12.5 Å². The van der Waals surface area contributed by atoms with E-state index >= 15 is 0 Å². The maximum atomic E-state index is 3.72. The predicted molar refractivity (Wildman–Crippen MR) is 85.6 cm³/mol. The molecule has 0 aliphatic rings. The summed E-state index contributed by atoms with van der Waals surface area (Å²) in [6, 6.07) is 7.48. The Balaban J connectivity index is 2.98. The van der Waals surface area contributed by atoms with Crippen molar-refractivity contribution in [1.29, 1.82) is 0 Å². The fourth-order valence-corrected chi connectivity index (χ4v) is 2.95. The van der Waals surface area contributed by atoms with Crippen LogP contribution >= 0.6 is 0 Å². The molecule has 0 saturated heterocycles. The molecule has 1 heteroatoms. The van der Waals surface area contributed by atoms with Gasteiger partial charge in [0.15, 0.2) is 0 Å². The lowest BCUT2D eigenvalue weighted by Gasteiger charge is -2.28. The molecule has 0 aromatic heterocycles. The molecule has 0 saturated carbocycles. The minimum absolute atomic E-state index is 0.518. The molecule has 0 radical (unpaired) electrons. The first kappa shape index (κ1) is 16.2. The van der Waals surface area contributed by atoms with E-state index in [-0.39, 0.29) is 0 Å². The Bertz CT molecular complexity index is 364. The van der Waals surface area contributed by atoms with Crippen molar-refractivity contribution in [2.75, 3.05) is 6.54 Å². The molecule has 1 aromatic rings. The van der Waals surface area contributed by atoms with E-state index in [9.17, 15) is 0 Å². The van der Waals surface area contributed by atoms with Gasteiger partial charge in [-0.1, -0.05) is 51.8 Å². The van der Waals surface area contributed by atoms with Crippen LogP contribution in [0.3, 0.4) is 0 Å². The van der Waals surface area contributed by atoms with Gasteiger partial charge in [-0.15, -0.1) is 0 Å². The zero-order chi connectivity index (χ0) is 14.3. The highest BCUT2D eigenvalue weighted by Gasteiger charge is 2.21. The standard InChI is InChI=1S/C18H31N/c1-6-9-16(10-7-2)18(19-8-3)17-12-11-14(4)15(5)13-17/h11-13,16,18-19H,6-10H2,1-5H3. The Morgan fingerprint density at radius 1 is 0.947 bits per heavy atom. The Hall–Kier alpha value is -0.820. The summed E-state index contributed by atoms with van der Waals surface area (Å²) in [5, 5.41) is 3.72. The highest BCUT2D eigenvalue weighted by Crippen LogP contribution is 2.30. The van der Waals surface area contributed by atoms with Crippen molar-refractivity contribution in [3.05, 3.63) is 34.9 Å². The van der Waals surface area contributed by atoms with Crippen LogP contribution in [0, 0.1) is 19.8 Å². The summed E-state index contributed by atoms with van der Waals surface area (Å²) in [5.41, 5.74) is 4.27. The van der Waals surface area contributed by atoms with Gasteiger partial charge >= 0.3 is 0 Å². The van der Waals surface area contributed by atoms with Gasteiger partial charge in [0, 0.05) is 6.04 Å². The Kier molecular flexibility index (Phi) is 7.15. The van der Waals surface area contributed by atoms with Crippen molar-refractivity contribution >= 4 is 0 Å². The molecule has 0 aliphatic heterocycles. The largest absolute Gasteiger partial charge is 0.310 e. The average Bonchev–Trinajstić information content (AvgIpc) is 2.39. The van der Waals surface area contributed by atoms with Crippen LogP contribution in [0.1, 0.15) is 69.2 Å². The predicted octanol–water partition coefficient (Wildman–Crippen LogP) is 5.17. The Morgan fingerprint density at radius 2 is 1.58 bits per heavy atom. The van der Waals surface area contributed by atoms with E-state index in [4.69, 9.17) is 0 Å². The van der Waals surface area contributed by atoms with E-state index < -0.39 is 0 Å². The molecule has 1 atom stereocenters. The van der Waals surface area contributed by atoms with E-state index in [1.54, 1.807) is 0 Å². The molecular weight excluding hydrogens is 230 g/mol. The smallest absolute Gasteiger partial charge is 0.0348 e. The third-order valence-corrected chi connectivity index (χ3v) is 4.10. The van der Waals surface area contributed by atoms with Gasteiger partial charge in [-0.25, -0.2) is 0 Å². The van der Waals surface area contributed by atoms with Crippen LogP contribution in [0.15, 0.2) is 18.2 Å². The molecule has 1 rings (SSSR count). The molecule has 108 valence electrons. The molecule has 19 heavy (non-hydrogen) atoms. The van der Waals surface area contributed by atoms with Gasteiger partial charge in [0.1, 0.15) is 0 Å². The normalized spacial score (nSPS) is 12.9. The summed E-state index contributed by atoms with van der Waals surface area (Å²) >= 11 is 0. The number of benzene rings is 1. The van der Waals surface area contributed by atoms with Crippen LogP contribution in [0.25, 0.3) is 0 Å². The molecule has 1 aromatic carbocycles. The van der Waals surface area contributed by atoms with Gasteiger partial charge in [-0.05, 0) is 55.8 Å². The summed E-state index contributed by atoms with van der Waals surface area (Å²) in [6.45, 7) is 12.3. The summed E-state index contributed by atoms with van der Waals surface area (Å²) in [5.74, 6) is 0.761. The van der Waals surface area contributed by atoms with Gasteiger partial charge in [0.2, 0.25) is 0 Å². The lowest BCUT2D eigenvalue weighted by atomic mass is 9.85. The van der Waals surface area contributed by atoms with Crippen molar-refractivity contribution in [3.8, 4) is 0 Å². The van der Waals surface area contributed by atoms with Gasteiger partial charge in [-0.3, -0.25) is 0 Å². The molecule has 0 spiro atoms. The van der Waals surface area contributed by atoms with Crippen molar-refractivity contribution in [1.82, 2.24) is 5.32 Å². The van der Waals surface area contributed by atoms with Crippen molar-refractivity contribution < 1.29 is 0 Å². The minimum atomic E-state index is 0.518. The van der Waals surface area contributed by atoms with Crippen molar-refractivity contribution in [3.63, 3.8) is 0 Å². The summed E-state index contributed by atoms with van der Waals surface area (Å²) in [7, 11) is 0. The fourth-order valence-electron chi connectivity index (χ4n) is 2.95. The second-order valence-corrected chi connectivity index (χ2v) is 5.72. The quantitative estimate of drug-likeness (QED) is 0.680. The van der Waals surface area contributed by atoms with Gasteiger partial charge in [0.25, 0.3) is 0 Å². The van der Waals surface area contributed by atoms with E-state index in [2.05, 4.69) is 58.1 Å². The monoisotopic (exact) mass is 261 g/mol. The van der Waals surface area contributed by atoms with E-state index in [1.165, 1.54) is 42.4 Å². The van der Waals surface area contributed by atoms with Crippen LogP contribution in [-0.4, -0.2) is 6.54 Å². The second-order valence-electron chi connectivity index (χ2n) is 5.72. The van der Waals surface area contributed by atoms with Crippen LogP contribution < -0.4 is 5.32 Å². The molecule has 0 bridgehead atoms. The Morgan fingerprint density at radius 3 is 2.05 bits per heavy atom. The maximum absolute atomic E-state index is 3.72. The molecule has 0 heterocycles. The molecule has 1 nitrogen and oxygen atoms in total. The first-order valence-electron chi connectivity index (χ1n) is 7.94. The summed E-state index contributed by atoms with van der Waals surface area (Å²) in [4.78, 5) is 0. The summed E-state index contributed by atoms with van der Waals surface area (Å²) < 4.78 is 0. The van der Waals surface area contributed by atoms with Gasteiger partial charge in [-0.2, -0.15) is 0 Å². The van der Waals surface area contributed by atoms with Crippen LogP contribution in [0.5, 0.6) is 0 Å². The second kappa shape index (κ2) is 8.37. The number of hydrogen-bond donors (Lipinski definition) is 1. The number of rotatable bonds is 8. The van der Waals surface area contributed by atoms with Crippen LogP contribution in [0.4, 0.5) is 0 Å². The third kappa shape index (κ3) is 4.65. The maximum Gasteiger partial charge on any atom is 0.0348 e. The Labute approximate surface area is 119 Å². The average molecular weight is 261 g/mol. The van der Waals surface area contributed by atoms with Crippen molar-refractivity contribution in [2.45, 2.75) is 66.3 Å². The lowest BCUT2D eigenvalue weighted by Crippen LogP contribution is -2.28. The molecular formula is C18H31N. The lowest BCUT2D eigenvalue weighted by molar-refractivity contribution is 0.320. The van der Waals surface area contributed by atoms with Crippen LogP contribution in [-0.2, 0) is 0 Å². The number of aryl methyl sites for hydroxylation is 2. The highest BCUT2D eigenvalue weighted by molar-refractivity contribution is 5.32. The topological polar surface area (TPSA) is 12.0 Å². The van der Waals surface area contributed by atoms with Gasteiger partial charge < -0.3 is 5.32 Å². The fraction of sp³-hybridized carbons (Fsp3) is 0.667. The minimum Gasteiger partial charge on any atom is -0.310 e. The third-order valence-electron chi connectivity index (χ3n) is 4.10. The SMILES string of the molecule is CCCC(CCC)C(NCC)c1ccc(C)c(C)c1. The van der Waals surface area contributed by atoms with Crippen molar-refractivity contribution in [2.24, 2.45) is 5.92 Å². The molecule has 1 N–H and O–H groups in total. The zero-order valence-corrected chi connectivity index (χ0v) is 13.4. The van der Waals surface area contributed by atoms with Gasteiger partial charge in [0.05, 0.1) is 0 Å². The molecule has 0 amide bonds. The first-order chi connectivity index (χ1) is 9.13. The van der Waals surface area contributed by atoms with E-state index in [0.29, 0.717) is 6.04 Å². The summed E-state index contributed by atoms with van der Waals surface area (Å²) in [6.07, 6.45) is 5.19. The van der Waals surface area contributed by atoms with E-state index in [1.807, 2.05) is 0 Å². The first-order valence-corrected chi connectivity index (χ1v) is 7.94.